The highest BCUT2D eigenvalue weighted by Crippen LogP contribution is 2.35. The van der Waals surface area contributed by atoms with Crippen LogP contribution in [0.15, 0.2) is 29.8 Å². The molecule has 4 heteroatoms. The maximum atomic E-state index is 8.77. The fourth-order valence-corrected chi connectivity index (χ4v) is 3.45. The first-order valence-corrected chi connectivity index (χ1v) is 6.86. The lowest BCUT2D eigenvalue weighted by molar-refractivity contribution is 0.632. The smallest absolute Gasteiger partial charge is 0.140 e. The summed E-state index contributed by atoms with van der Waals surface area (Å²) in [6.07, 6.45) is 2.89. The number of hydrogen-bond donors (Lipinski definition) is 0. The second kappa shape index (κ2) is 4.43. The standard InChI is InChI=1S/C14H13N3S/c1-10-13-5-7-18-14(13)4-6-17(10)12-3-2-11(8-15)16-9-12/h2-3,5,7,9-10H,4,6H2,1H3. The van der Waals surface area contributed by atoms with E-state index in [0.717, 1.165) is 18.7 Å². The van der Waals surface area contributed by atoms with E-state index < -0.39 is 0 Å². The fourth-order valence-electron chi connectivity index (χ4n) is 2.48. The van der Waals surface area contributed by atoms with Gasteiger partial charge in [0.1, 0.15) is 11.8 Å². The quantitative estimate of drug-likeness (QED) is 0.786. The predicted octanol–water partition coefficient (Wildman–Crippen LogP) is 3.14. The van der Waals surface area contributed by atoms with Crippen LogP contribution in [-0.4, -0.2) is 11.5 Å². The average Bonchev–Trinajstić information content (AvgIpc) is 2.89. The van der Waals surface area contributed by atoms with Gasteiger partial charge in [0, 0.05) is 11.4 Å². The molecular formula is C14H13N3S. The van der Waals surface area contributed by atoms with E-state index in [1.54, 1.807) is 12.3 Å². The van der Waals surface area contributed by atoms with E-state index in [4.69, 9.17) is 5.26 Å². The Bertz CT molecular complexity index is 594. The highest BCUT2D eigenvalue weighted by molar-refractivity contribution is 7.10. The van der Waals surface area contributed by atoms with E-state index in [-0.39, 0.29) is 0 Å². The van der Waals surface area contributed by atoms with Crippen molar-refractivity contribution in [1.29, 1.82) is 5.26 Å². The van der Waals surface area contributed by atoms with E-state index in [0.29, 0.717) is 11.7 Å². The molecule has 3 rings (SSSR count). The van der Waals surface area contributed by atoms with Crippen LogP contribution in [0.3, 0.4) is 0 Å². The maximum absolute atomic E-state index is 8.77. The largest absolute Gasteiger partial charge is 0.363 e. The van der Waals surface area contributed by atoms with Crippen molar-refractivity contribution < 1.29 is 0 Å². The minimum atomic E-state index is 0.384. The summed E-state index contributed by atoms with van der Waals surface area (Å²) in [4.78, 5) is 8.00. The second-order valence-corrected chi connectivity index (χ2v) is 5.43. The lowest BCUT2D eigenvalue weighted by Crippen LogP contribution is -2.33. The number of rotatable bonds is 1. The Morgan fingerprint density at radius 2 is 2.33 bits per heavy atom. The lowest BCUT2D eigenvalue weighted by atomic mass is 10.0. The first-order chi connectivity index (χ1) is 8.79. The van der Waals surface area contributed by atoms with Crippen LogP contribution in [0.4, 0.5) is 5.69 Å². The van der Waals surface area contributed by atoms with Crippen LogP contribution in [0, 0.1) is 11.3 Å². The third-order valence-electron chi connectivity index (χ3n) is 3.47. The van der Waals surface area contributed by atoms with Gasteiger partial charge in [0.2, 0.25) is 0 Å². The second-order valence-electron chi connectivity index (χ2n) is 4.43. The summed E-state index contributed by atoms with van der Waals surface area (Å²) >= 11 is 1.85. The Balaban J connectivity index is 1.92. The summed E-state index contributed by atoms with van der Waals surface area (Å²) in [6, 6.07) is 8.42. The molecule has 0 radical (unpaired) electrons. The van der Waals surface area contributed by atoms with Crippen LogP contribution in [0.1, 0.15) is 29.1 Å². The van der Waals surface area contributed by atoms with Crippen LogP contribution in [0.2, 0.25) is 0 Å². The van der Waals surface area contributed by atoms with Gasteiger partial charge in [-0.05, 0) is 42.5 Å². The topological polar surface area (TPSA) is 39.9 Å². The first-order valence-electron chi connectivity index (χ1n) is 5.98. The molecule has 0 aliphatic carbocycles. The summed E-state index contributed by atoms with van der Waals surface area (Å²) < 4.78 is 0. The number of anilines is 1. The maximum Gasteiger partial charge on any atom is 0.140 e. The van der Waals surface area contributed by atoms with Gasteiger partial charge >= 0.3 is 0 Å². The molecule has 0 bridgehead atoms. The zero-order valence-corrected chi connectivity index (χ0v) is 10.9. The average molecular weight is 255 g/mol. The summed E-state index contributed by atoms with van der Waals surface area (Å²) in [5.74, 6) is 0. The van der Waals surface area contributed by atoms with Gasteiger partial charge < -0.3 is 4.90 Å². The molecule has 1 atom stereocenters. The summed E-state index contributed by atoms with van der Waals surface area (Å²) in [5, 5.41) is 10.9. The van der Waals surface area contributed by atoms with Gasteiger partial charge in [-0.2, -0.15) is 5.26 Å². The van der Waals surface area contributed by atoms with Crippen molar-refractivity contribution in [3.05, 3.63) is 45.9 Å². The van der Waals surface area contributed by atoms with Gasteiger partial charge in [0.15, 0.2) is 0 Å². The molecule has 1 unspecified atom stereocenters. The Morgan fingerprint density at radius 3 is 3.06 bits per heavy atom. The van der Waals surface area contributed by atoms with Gasteiger partial charge in [-0.3, -0.25) is 0 Å². The molecule has 0 saturated carbocycles. The van der Waals surface area contributed by atoms with Crippen LogP contribution in [0.5, 0.6) is 0 Å². The molecule has 0 amide bonds. The first kappa shape index (κ1) is 11.2. The Labute approximate surface area is 110 Å². The number of nitrogens with zero attached hydrogens (tertiary/aromatic N) is 3. The van der Waals surface area contributed by atoms with Crippen LogP contribution < -0.4 is 4.90 Å². The number of thiophene rings is 1. The van der Waals surface area contributed by atoms with E-state index >= 15 is 0 Å². The van der Waals surface area contributed by atoms with Crippen molar-refractivity contribution >= 4 is 17.0 Å². The molecule has 90 valence electrons. The minimum Gasteiger partial charge on any atom is -0.363 e. The highest BCUT2D eigenvalue weighted by Gasteiger charge is 2.24. The molecule has 3 nitrogen and oxygen atoms in total. The third kappa shape index (κ3) is 1.77. The summed E-state index contributed by atoms with van der Waals surface area (Å²) in [5.41, 5.74) is 2.99. The molecule has 3 heterocycles. The van der Waals surface area contributed by atoms with E-state index in [1.807, 2.05) is 17.4 Å². The third-order valence-corrected chi connectivity index (χ3v) is 4.47. The SMILES string of the molecule is CC1c2ccsc2CCN1c1ccc(C#N)nc1. The van der Waals surface area contributed by atoms with Crippen molar-refractivity contribution in [2.45, 2.75) is 19.4 Å². The van der Waals surface area contributed by atoms with Crippen molar-refractivity contribution in [3.63, 3.8) is 0 Å². The van der Waals surface area contributed by atoms with Crippen molar-refractivity contribution in [2.75, 3.05) is 11.4 Å². The molecule has 0 spiro atoms. The minimum absolute atomic E-state index is 0.384. The number of fused-ring (bicyclic) bond motifs is 1. The molecule has 1 aliphatic rings. The number of aromatic nitrogens is 1. The molecule has 2 aromatic heterocycles. The number of hydrogen-bond acceptors (Lipinski definition) is 4. The van der Waals surface area contributed by atoms with Gasteiger partial charge in [-0.25, -0.2) is 4.98 Å². The Morgan fingerprint density at radius 1 is 1.44 bits per heavy atom. The van der Waals surface area contributed by atoms with Crippen LogP contribution in [0.25, 0.3) is 0 Å². The Kier molecular flexibility index (Phi) is 2.77. The highest BCUT2D eigenvalue weighted by atomic mass is 32.1. The lowest BCUT2D eigenvalue weighted by Gasteiger charge is -2.35. The molecule has 0 N–H and O–H groups in total. The van der Waals surface area contributed by atoms with E-state index in [1.165, 1.54) is 10.4 Å². The molecule has 2 aromatic rings. The van der Waals surface area contributed by atoms with Crippen LogP contribution in [-0.2, 0) is 6.42 Å². The van der Waals surface area contributed by atoms with Crippen LogP contribution >= 0.6 is 11.3 Å². The van der Waals surface area contributed by atoms with Gasteiger partial charge in [0.25, 0.3) is 0 Å². The zero-order chi connectivity index (χ0) is 12.5. The molecule has 0 fully saturated rings. The zero-order valence-electron chi connectivity index (χ0n) is 10.1. The predicted molar refractivity (Wildman–Crippen MR) is 72.7 cm³/mol. The summed E-state index contributed by atoms with van der Waals surface area (Å²) in [7, 11) is 0. The molecule has 0 saturated heterocycles. The number of nitriles is 1. The fraction of sp³-hybridized carbons (Fsp3) is 0.286. The Hall–Kier alpha value is -1.86. The van der Waals surface area contributed by atoms with Crippen molar-refractivity contribution in [1.82, 2.24) is 4.98 Å². The van der Waals surface area contributed by atoms with Crippen molar-refractivity contribution in [3.8, 4) is 6.07 Å². The normalized spacial score (nSPS) is 18.2. The van der Waals surface area contributed by atoms with Gasteiger partial charge in [0.05, 0.1) is 17.9 Å². The monoisotopic (exact) mass is 255 g/mol. The van der Waals surface area contributed by atoms with Crippen molar-refractivity contribution in [2.24, 2.45) is 0 Å². The summed E-state index contributed by atoms with van der Waals surface area (Å²) in [6.45, 7) is 3.24. The van der Waals surface area contributed by atoms with E-state index in [2.05, 4.69) is 34.3 Å². The molecule has 18 heavy (non-hydrogen) atoms. The van der Waals surface area contributed by atoms with Gasteiger partial charge in [-0.1, -0.05) is 0 Å². The van der Waals surface area contributed by atoms with Gasteiger partial charge in [-0.15, -0.1) is 11.3 Å². The molecule has 1 aliphatic heterocycles. The van der Waals surface area contributed by atoms with E-state index in [9.17, 15) is 0 Å². The molecular weight excluding hydrogens is 242 g/mol. The molecule has 0 aromatic carbocycles. The number of pyridine rings is 1.